The third kappa shape index (κ3) is 3.75. The van der Waals surface area contributed by atoms with Crippen LogP contribution in [0.3, 0.4) is 0 Å². The van der Waals surface area contributed by atoms with Crippen LogP contribution in [0.5, 0.6) is 5.75 Å². The fraction of sp³-hybridized carbons (Fsp3) is 0.619. The van der Waals surface area contributed by atoms with E-state index in [1.165, 1.54) is 31.2 Å². The van der Waals surface area contributed by atoms with Gasteiger partial charge >= 0.3 is 0 Å². The first-order valence-corrected chi connectivity index (χ1v) is 10.0. The molecule has 1 aliphatic carbocycles. The average molecular weight is 370 g/mol. The molecule has 1 amide bonds. The number of hydrogen-bond acceptors (Lipinski definition) is 3. The number of ether oxygens (including phenoxy) is 1. The van der Waals surface area contributed by atoms with Crippen molar-refractivity contribution in [2.24, 2.45) is 10.4 Å². The van der Waals surface area contributed by atoms with E-state index in [2.05, 4.69) is 16.3 Å². The summed E-state index contributed by atoms with van der Waals surface area (Å²) < 4.78 is 5.80. The van der Waals surface area contributed by atoms with Gasteiger partial charge in [0.2, 0.25) is 5.91 Å². The highest BCUT2D eigenvalue weighted by Gasteiger charge is 2.44. The molecule has 2 aliphatic heterocycles. The van der Waals surface area contributed by atoms with Gasteiger partial charge in [0, 0.05) is 39.2 Å². The third-order valence-electron chi connectivity index (χ3n) is 6.28. The van der Waals surface area contributed by atoms with Crippen molar-refractivity contribution in [1.29, 1.82) is 0 Å². The number of carbonyl (C=O) groups excluding carboxylic acids is 1. The Labute approximate surface area is 161 Å². The predicted molar refractivity (Wildman–Crippen MR) is 106 cm³/mol. The summed E-state index contributed by atoms with van der Waals surface area (Å²) in [6, 6.07) is 8.36. The molecule has 1 aromatic rings. The monoisotopic (exact) mass is 370 g/mol. The van der Waals surface area contributed by atoms with Crippen molar-refractivity contribution >= 4 is 11.9 Å². The Kier molecular flexibility index (Phi) is 4.98. The van der Waals surface area contributed by atoms with Gasteiger partial charge in [-0.05, 0) is 30.7 Å². The van der Waals surface area contributed by atoms with Gasteiger partial charge in [-0.1, -0.05) is 24.6 Å². The van der Waals surface area contributed by atoms with E-state index in [4.69, 9.17) is 9.73 Å². The van der Waals surface area contributed by atoms with Crippen LogP contribution in [0.2, 0.25) is 0 Å². The SMILES string of the molecule is CN(C)C(=O)CN=C(NC1CCOc2ccccc21)N1CCC2(CCC2)C1. The number of aliphatic imine (C=N–C) groups is 1. The van der Waals surface area contributed by atoms with Crippen molar-refractivity contribution in [3.8, 4) is 5.75 Å². The molecule has 0 radical (unpaired) electrons. The summed E-state index contributed by atoms with van der Waals surface area (Å²) in [5.74, 6) is 1.84. The van der Waals surface area contributed by atoms with Crippen LogP contribution in [-0.2, 0) is 4.79 Å². The summed E-state index contributed by atoms with van der Waals surface area (Å²) in [4.78, 5) is 20.8. The van der Waals surface area contributed by atoms with Crippen LogP contribution in [0.25, 0.3) is 0 Å². The second-order valence-electron chi connectivity index (χ2n) is 8.32. The summed E-state index contributed by atoms with van der Waals surface area (Å²) in [7, 11) is 3.55. The molecule has 0 aromatic heterocycles. The van der Waals surface area contributed by atoms with Crippen molar-refractivity contribution in [1.82, 2.24) is 15.1 Å². The molecule has 1 saturated heterocycles. The van der Waals surface area contributed by atoms with E-state index in [9.17, 15) is 4.79 Å². The predicted octanol–water partition coefficient (Wildman–Crippen LogP) is 2.42. The maximum atomic E-state index is 12.1. The average Bonchev–Trinajstić information content (AvgIpc) is 3.11. The number of hydrogen-bond donors (Lipinski definition) is 1. The second kappa shape index (κ2) is 7.41. The van der Waals surface area contributed by atoms with Gasteiger partial charge in [0.25, 0.3) is 0 Å². The van der Waals surface area contributed by atoms with Crippen molar-refractivity contribution < 1.29 is 9.53 Å². The number of carbonyl (C=O) groups is 1. The first kappa shape index (κ1) is 18.1. The van der Waals surface area contributed by atoms with Gasteiger partial charge in [0.15, 0.2) is 5.96 Å². The van der Waals surface area contributed by atoms with Crippen molar-refractivity contribution in [3.63, 3.8) is 0 Å². The van der Waals surface area contributed by atoms with Gasteiger partial charge in [0.1, 0.15) is 12.3 Å². The molecule has 146 valence electrons. The lowest BCUT2D eigenvalue weighted by Gasteiger charge is -2.38. The molecule has 1 saturated carbocycles. The Balaban J connectivity index is 1.53. The van der Waals surface area contributed by atoms with Gasteiger partial charge < -0.3 is 19.9 Å². The maximum Gasteiger partial charge on any atom is 0.243 e. The molecule has 4 rings (SSSR count). The molecule has 1 unspecified atom stereocenters. The summed E-state index contributed by atoms with van der Waals surface area (Å²) >= 11 is 0. The topological polar surface area (TPSA) is 57.2 Å². The van der Waals surface area contributed by atoms with Crippen molar-refractivity contribution in [2.75, 3.05) is 40.3 Å². The first-order valence-electron chi connectivity index (χ1n) is 10.0. The minimum absolute atomic E-state index is 0.0271. The van der Waals surface area contributed by atoms with Gasteiger partial charge in [-0.15, -0.1) is 0 Å². The minimum Gasteiger partial charge on any atom is -0.493 e. The summed E-state index contributed by atoms with van der Waals surface area (Å²) in [6.07, 6.45) is 6.14. The smallest absolute Gasteiger partial charge is 0.243 e. The molecule has 1 atom stereocenters. The number of para-hydroxylation sites is 1. The van der Waals surface area contributed by atoms with Gasteiger partial charge in [-0.2, -0.15) is 0 Å². The lowest BCUT2D eigenvalue weighted by molar-refractivity contribution is -0.127. The molecule has 1 N–H and O–H groups in total. The summed E-state index contributed by atoms with van der Waals surface area (Å²) in [6.45, 7) is 2.96. The van der Waals surface area contributed by atoms with E-state index in [1.807, 2.05) is 18.2 Å². The number of nitrogens with zero attached hydrogens (tertiary/aromatic N) is 3. The number of nitrogens with one attached hydrogen (secondary N) is 1. The molecule has 0 bridgehead atoms. The van der Waals surface area contributed by atoms with Gasteiger partial charge in [-0.25, -0.2) is 4.99 Å². The largest absolute Gasteiger partial charge is 0.493 e. The Morgan fingerprint density at radius 1 is 1.33 bits per heavy atom. The van der Waals surface area contributed by atoms with Crippen LogP contribution >= 0.6 is 0 Å². The van der Waals surface area contributed by atoms with E-state index < -0.39 is 0 Å². The fourth-order valence-corrected chi connectivity index (χ4v) is 4.37. The molecular weight excluding hydrogens is 340 g/mol. The van der Waals surface area contributed by atoms with E-state index in [0.29, 0.717) is 12.0 Å². The van der Waals surface area contributed by atoms with Crippen LogP contribution in [0, 0.1) is 5.41 Å². The highest BCUT2D eigenvalue weighted by molar-refractivity contribution is 5.85. The van der Waals surface area contributed by atoms with Gasteiger partial charge in [0.05, 0.1) is 12.6 Å². The number of likely N-dealkylation sites (N-methyl/N-ethyl adjacent to an activating group) is 1. The highest BCUT2D eigenvalue weighted by atomic mass is 16.5. The quantitative estimate of drug-likeness (QED) is 0.656. The lowest BCUT2D eigenvalue weighted by atomic mass is 9.68. The Morgan fingerprint density at radius 2 is 2.15 bits per heavy atom. The Morgan fingerprint density at radius 3 is 2.85 bits per heavy atom. The molecule has 1 aromatic carbocycles. The zero-order chi connectivity index (χ0) is 18.9. The standard InChI is InChI=1S/C21H30N4O2/c1-24(2)19(26)14-22-20(25-12-11-21(15-25)9-5-10-21)23-17-8-13-27-18-7-4-3-6-16(17)18/h3-4,6-7,17H,5,8-15H2,1-2H3,(H,22,23). The second-order valence-corrected chi connectivity index (χ2v) is 8.32. The number of rotatable bonds is 3. The first-order chi connectivity index (χ1) is 13.1. The fourth-order valence-electron chi connectivity index (χ4n) is 4.37. The molecular formula is C21H30N4O2. The number of guanidine groups is 1. The van der Waals surface area contributed by atoms with E-state index >= 15 is 0 Å². The third-order valence-corrected chi connectivity index (χ3v) is 6.28. The molecule has 2 fully saturated rings. The van der Waals surface area contributed by atoms with Crippen molar-refractivity contribution in [2.45, 2.75) is 38.1 Å². The van der Waals surface area contributed by atoms with E-state index in [1.54, 1.807) is 19.0 Å². The number of fused-ring (bicyclic) bond motifs is 1. The molecule has 2 heterocycles. The van der Waals surface area contributed by atoms with Crippen molar-refractivity contribution in [3.05, 3.63) is 29.8 Å². The highest BCUT2D eigenvalue weighted by Crippen LogP contribution is 2.48. The number of likely N-dealkylation sites (tertiary alicyclic amines) is 1. The zero-order valence-corrected chi connectivity index (χ0v) is 16.4. The number of benzene rings is 1. The zero-order valence-electron chi connectivity index (χ0n) is 16.4. The Bertz CT molecular complexity index is 727. The normalized spacial score (nSPS) is 23.4. The van der Waals surface area contributed by atoms with Crippen LogP contribution in [-0.4, -0.2) is 62.0 Å². The lowest BCUT2D eigenvalue weighted by Crippen LogP contribution is -2.45. The van der Waals surface area contributed by atoms with E-state index in [0.717, 1.165) is 31.2 Å². The summed E-state index contributed by atoms with van der Waals surface area (Å²) in [5, 5.41) is 3.66. The molecule has 27 heavy (non-hydrogen) atoms. The molecule has 3 aliphatic rings. The van der Waals surface area contributed by atoms with Crippen LogP contribution in [0.4, 0.5) is 0 Å². The van der Waals surface area contributed by atoms with Crippen LogP contribution in [0.1, 0.15) is 43.7 Å². The van der Waals surface area contributed by atoms with Crippen LogP contribution in [0.15, 0.2) is 29.3 Å². The molecule has 1 spiro atoms. The van der Waals surface area contributed by atoms with Crippen LogP contribution < -0.4 is 10.1 Å². The van der Waals surface area contributed by atoms with E-state index in [-0.39, 0.29) is 18.5 Å². The molecule has 6 nitrogen and oxygen atoms in total. The van der Waals surface area contributed by atoms with Gasteiger partial charge in [-0.3, -0.25) is 4.79 Å². The summed E-state index contributed by atoms with van der Waals surface area (Å²) in [5.41, 5.74) is 1.66. The minimum atomic E-state index is 0.0271. The number of amides is 1. The molecule has 6 heteroatoms. The maximum absolute atomic E-state index is 12.1. The Hall–Kier alpha value is -2.24.